The molecule has 0 aromatic rings. The van der Waals surface area contributed by atoms with Gasteiger partial charge in [0.25, 0.3) is 0 Å². The van der Waals surface area contributed by atoms with Gasteiger partial charge in [0.2, 0.25) is 0 Å². The zero-order chi connectivity index (χ0) is 16.6. The van der Waals surface area contributed by atoms with E-state index in [1.165, 1.54) is 13.8 Å². The molecule has 1 atom stereocenters. The summed E-state index contributed by atoms with van der Waals surface area (Å²) in [6.45, 7) is 13.7. The van der Waals surface area contributed by atoms with E-state index in [4.69, 9.17) is 9.47 Å². The normalized spacial score (nSPS) is 12.2. The fraction of sp³-hybridized carbons (Fsp3) is 0.562. The molecule has 0 aromatic carbocycles. The van der Waals surface area contributed by atoms with E-state index < -0.39 is 23.3 Å². The molecule has 5 heteroatoms. The fourth-order valence-corrected chi connectivity index (χ4v) is 1.97. The molecule has 0 bridgehead atoms. The highest BCUT2D eigenvalue weighted by atomic mass is 16.6. The molecule has 5 nitrogen and oxygen atoms in total. The predicted molar refractivity (Wildman–Crippen MR) is 79.5 cm³/mol. The Hall–Kier alpha value is -1.91. The van der Waals surface area contributed by atoms with Crippen molar-refractivity contribution in [3.8, 4) is 0 Å². The Bertz CT molecular complexity index is 418. The third-order valence-corrected chi connectivity index (χ3v) is 3.32. The molecule has 0 N–H and O–H groups in total. The van der Waals surface area contributed by atoms with Gasteiger partial charge in [-0.3, -0.25) is 14.4 Å². The molecule has 0 aliphatic rings. The average Bonchev–Trinajstić information content (AvgIpc) is 2.43. The number of rotatable bonds is 9. The first-order chi connectivity index (χ1) is 9.77. The topological polar surface area (TPSA) is 69.7 Å². The Kier molecular flexibility index (Phi) is 7.63. The SMILES string of the molecule is C=CCC(C(=C)C(C)(C(=O)OCC)C(=O)OCC)C(C)=O. The van der Waals surface area contributed by atoms with Gasteiger partial charge in [-0.1, -0.05) is 12.7 Å². The lowest BCUT2D eigenvalue weighted by atomic mass is 9.74. The highest BCUT2D eigenvalue weighted by Crippen LogP contribution is 2.36. The van der Waals surface area contributed by atoms with Gasteiger partial charge in [-0.05, 0) is 39.7 Å². The van der Waals surface area contributed by atoms with E-state index in [1.54, 1.807) is 19.9 Å². The Morgan fingerprint density at radius 1 is 1.14 bits per heavy atom. The van der Waals surface area contributed by atoms with E-state index in [2.05, 4.69) is 13.2 Å². The summed E-state index contributed by atoms with van der Waals surface area (Å²) in [4.78, 5) is 36.2. The molecule has 0 aliphatic heterocycles. The third-order valence-electron chi connectivity index (χ3n) is 3.32. The molecule has 1 unspecified atom stereocenters. The number of hydrogen-bond donors (Lipinski definition) is 0. The molecule has 0 heterocycles. The number of hydrogen-bond acceptors (Lipinski definition) is 5. The quantitative estimate of drug-likeness (QED) is 0.371. The van der Waals surface area contributed by atoms with Crippen LogP contribution in [0.4, 0.5) is 0 Å². The number of carbonyl (C=O) groups is 3. The van der Waals surface area contributed by atoms with Crippen LogP contribution in [-0.2, 0) is 23.9 Å². The van der Waals surface area contributed by atoms with Crippen LogP contribution in [0.5, 0.6) is 0 Å². The first-order valence-electron chi connectivity index (χ1n) is 6.92. The second-order valence-electron chi connectivity index (χ2n) is 4.78. The van der Waals surface area contributed by atoms with Crippen LogP contribution in [0.25, 0.3) is 0 Å². The predicted octanol–water partition coefficient (Wildman–Crippen LogP) is 2.46. The van der Waals surface area contributed by atoms with Gasteiger partial charge in [0.1, 0.15) is 5.78 Å². The minimum absolute atomic E-state index is 0.118. The van der Waals surface area contributed by atoms with Crippen molar-refractivity contribution in [1.29, 1.82) is 0 Å². The van der Waals surface area contributed by atoms with E-state index >= 15 is 0 Å². The highest BCUT2D eigenvalue weighted by Gasteiger charge is 2.49. The summed E-state index contributed by atoms with van der Waals surface area (Å²) in [5.74, 6) is -2.39. The van der Waals surface area contributed by atoms with Crippen LogP contribution in [0.1, 0.15) is 34.1 Å². The Morgan fingerprint density at radius 3 is 1.86 bits per heavy atom. The monoisotopic (exact) mass is 296 g/mol. The lowest BCUT2D eigenvalue weighted by molar-refractivity contribution is -0.168. The van der Waals surface area contributed by atoms with Crippen LogP contribution in [0.2, 0.25) is 0 Å². The Balaban J connectivity index is 5.71. The lowest BCUT2D eigenvalue weighted by Gasteiger charge is -2.30. The van der Waals surface area contributed by atoms with Crippen LogP contribution in [0.15, 0.2) is 24.8 Å². The molecule has 0 amide bonds. The smallest absolute Gasteiger partial charge is 0.327 e. The van der Waals surface area contributed by atoms with Crippen molar-refractivity contribution < 1.29 is 23.9 Å². The summed E-state index contributed by atoms with van der Waals surface area (Å²) in [6, 6.07) is 0. The van der Waals surface area contributed by atoms with E-state index in [1.807, 2.05) is 0 Å². The first-order valence-corrected chi connectivity index (χ1v) is 6.92. The summed E-state index contributed by atoms with van der Waals surface area (Å²) in [6.07, 6.45) is 1.84. The van der Waals surface area contributed by atoms with Gasteiger partial charge in [0.05, 0.1) is 13.2 Å². The van der Waals surface area contributed by atoms with Crippen molar-refractivity contribution in [2.45, 2.75) is 34.1 Å². The second kappa shape index (κ2) is 8.39. The van der Waals surface area contributed by atoms with Crippen LogP contribution >= 0.6 is 0 Å². The van der Waals surface area contributed by atoms with Gasteiger partial charge >= 0.3 is 11.9 Å². The standard InChI is InChI=1S/C16H24O5/c1-7-10-13(12(5)17)11(4)16(6,14(18)20-8-2)15(19)21-9-3/h7,13H,1,4,8-10H2,2-3,5-6H3. The molecule has 0 fully saturated rings. The van der Waals surface area contributed by atoms with Gasteiger partial charge in [0, 0.05) is 5.92 Å². The van der Waals surface area contributed by atoms with Crippen LogP contribution in [-0.4, -0.2) is 30.9 Å². The number of allylic oxidation sites excluding steroid dienone is 1. The Labute approximate surface area is 126 Å². The van der Waals surface area contributed by atoms with Gasteiger partial charge < -0.3 is 9.47 Å². The molecule has 0 aliphatic carbocycles. The summed E-state index contributed by atoms with van der Waals surface area (Å²) in [7, 11) is 0. The number of Topliss-reactive ketones (excluding diaryl/α,β-unsaturated/α-hetero) is 1. The largest absolute Gasteiger partial charge is 0.465 e. The molecule has 0 radical (unpaired) electrons. The third kappa shape index (κ3) is 4.28. The number of ether oxygens (including phenoxy) is 2. The summed E-state index contributed by atoms with van der Waals surface area (Å²) < 4.78 is 9.93. The molecular weight excluding hydrogens is 272 g/mol. The van der Waals surface area contributed by atoms with E-state index in [9.17, 15) is 14.4 Å². The highest BCUT2D eigenvalue weighted by molar-refractivity contribution is 6.04. The van der Waals surface area contributed by atoms with Gasteiger partial charge in [-0.2, -0.15) is 0 Å². The Morgan fingerprint density at radius 2 is 1.57 bits per heavy atom. The van der Waals surface area contributed by atoms with Crippen molar-refractivity contribution in [2.75, 3.05) is 13.2 Å². The van der Waals surface area contributed by atoms with Gasteiger partial charge in [-0.25, -0.2) is 0 Å². The number of esters is 2. The summed E-state index contributed by atoms with van der Waals surface area (Å²) in [5, 5.41) is 0. The minimum Gasteiger partial charge on any atom is -0.465 e. The molecular formula is C16H24O5. The van der Waals surface area contributed by atoms with Crippen molar-refractivity contribution in [3.63, 3.8) is 0 Å². The molecule has 21 heavy (non-hydrogen) atoms. The number of carbonyl (C=O) groups excluding carboxylic acids is 3. The van der Waals surface area contributed by atoms with Crippen LogP contribution < -0.4 is 0 Å². The molecule has 118 valence electrons. The van der Waals surface area contributed by atoms with Crippen molar-refractivity contribution in [3.05, 3.63) is 24.8 Å². The first kappa shape index (κ1) is 19.1. The van der Waals surface area contributed by atoms with Crippen molar-refractivity contribution >= 4 is 17.7 Å². The molecule has 0 aromatic heterocycles. The number of ketones is 1. The van der Waals surface area contributed by atoms with Crippen LogP contribution in [0.3, 0.4) is 0 Å². The maximum Gasteiger partial charge on any atom is 0.327 e. The van der Waals surface area contributed by atoms with Gasteiger partial charge in [0.15, 0.2) is 5.41 Å². The molecule has 0 spiro atoms. The van der Waals surface area contributed by atoms with E-state index in [0.29, 0.717) is 6.42 Å². The second-order valence-corrected chi connectivity index (χ2v) is 4.78. The maximum absolute atomic E-state index is 12.2. The zero-order valence-corrected chi connectivity index (χ0v) is 13.2. The van der Waals surface area contributed by atoms with Crippen molar-refractivity contribution in [2.24, 2.45) is 11.3 Å². The van der Waals surface area contributed by atoms with E-state index in [0.717, 1.165) is 0 Å². The van der Waals surface area contributed by atoms with Crippen LogP contribution in [0, 0.1) is 11.3 Å². The lowest BCUT2D eigenvalue weighted by Crippen LogP contribution is -2.43. The van der Waals surface area contributed by atoms with Crippen molar-refractivity contribution in [1.82, 2.24) is 0 Å². The fourth-order valence-electron chi connectivity index (χ4n) is 1.97. The zero-order valence-electron chi connectivity index (χ0n) is 13.2. The van der Waals surface area contributed by atoms with E-state index in [-0.39, 0.29) is 24.6 Å². The molecule has 0 saturated heterocycles. The van der Waals surface area contributed by atoms with Gasteiger partial charge in [-0.15, -0.1) is 6.58 Å². The average molecular weight is 296 g/mol. The summed E-state index contributed by atoms with van der Waals surface area (Å²) in [5.41, 5.74) is -1.53. The summed E-state index contributed by atoms with van der Waals surface area (Å²) >= 11 is 0. The molecule has 0 rings (SSSR count). The minimum atomic E-state index is -1.70. The maximum atomic E-state index is 12.2. The molecule has 0 saturated carbocycles.